The second kappa shape index (κ2) is 14.8. The summed E-state index contributed by atoms with van der Waals surface area (Å²) in [6.45, 7) is 0.409. The second-order valence-corrected chi connectivity index (χ2v) is 12.1. The molecule has 51 heavy (non-hydrogen) atoms. The van der Waals surface area contributed by atoms with E-state index in [2.05, 4.69) is 20.4 Å². The zero-order valence-corrected chi connectivity index (χ0v) is 27.1. The van der Waals surface area contributed by atoms with E-state index in [0.29, 0.717) is 6.07 Å². The molecule has 5 rings (SSSR count). The number of carbonyl (C=O) groups excluding carboxylic acids is 2. The van der Waals surface area contributed by atoms with Gasteiger partial charge in [0.15, 0.2) is 11.6 Å². The first-order chi connectivity index (χ1) is 24.0. The first kappa shape index (κ1) is 37.5. The van der Waals surface area contributed by atoms with E-state index in [-0.39, 0.29) is 58.2 Å². The third-order valence-electron chi connectivity index (χ3n) is 8.31. The summed E-state index contributed by atoms with van der Waals surface area (Å²) in [6, 6.07) is 6.09. The van der Waals surface area contributed by atoms with E-state index in [9.17, 15) is 40.3 Å². The van der Waals surface area contributed by atoms with Crippen LogP contribution in [-0.4, -0.2) is 51.6 Å². The lowest BCUT2D eigenvalue weighted by molar-refractivity contribution is -0.121. The molecule has 0 aliphatic heterocycles. The van der Waals surface area contributed by atoms with Gasteiger partial charge in [0.05, 0.1) is 23.4 Å². The van der Waals surface area contributed by atoms with Crippen LogP contribution in [0.4, 0.5) is 45.5 Å². The van der Waals surface area contributed by atoms with Gasteiger partial charge in [-0.05, 0) is 48.7 Å². The van der Waals surface area contributed by atoms with Crippen LogP contribution in [0, 0.1) is 17.5 Å². The minimum atomic E-state index is -4.07. The van der Waals surface area contributed by atoms with Gasteiger partial charge in [-0.25, -0.2) is 40.7 Å². The Kier molecular flexibility index (Phi) is 10.9. The van der Waals surface area contributed by atoms with Crippen molar-refractivity contribution >= 4 is 17.5 Å². The summed E-state index contributed by atoms with van der Waals surface area (Å²) in [5.74, 6) is -13.6. The maximum atomic E-state index is 15.0. The Hall–Kier alpha value is -4.80. The number of rotatable bonds is 14. The number of nitrogens with zero attached hydrogens (tertiary/aromatic N) is 4. The Balaban J connectivity index is 1.62. The average Bonchev–Trinajstić information content (AvgIpc) is 3.45. The SMILES string of the molecule is COCCNc1ncc(-c2ccc(F)c(C(C)=O)c2)c([C@@H](CC(=O)Cn2nc(C(F)F)c3c2C(F)(F)CCC3(F)F)Cc2cc(F)cc(F)c2)n1. The van der Waals surface area contributed by atoms with Crippen molar-refractivity contribution in [1.29, 1.82) is 0 Å². The fourth-order valence-electron chi connectivity index (χ4n) is 6.06. The van der Waals surface area contributed by atoms with E-state index < -0.39 is 96.0 Å². The predicted octanol–water partition coefficient (Wildman–Crippen LogP) is 7.92. The van der Waals surface area contributed by atoms with Crippen molar-refractivity contribution in [3.8, 4) is 11.1 Å². The van der Waals surface area contributed by atoms with Crippen LogP contribution in [0.5, 0.6) is 0 Å². The number of halogens is 9. The number of carbonyl (C=O) groups is 2. The van der Waals surface area contributed by atoms with Crippen molar-refractivity contribution in [2.75, 3.05) is 25.6 Å². The Morgan fingerprint density at radius 3 is 2.31 bits per heavy atom. The Morgan fingerprint density at radius 2 is 1.67 bits per heavy atom. The number of hydrogen-bond donors (Lipinski definition) is 1. The molecule has 0 unspecified atom stereocenters. The first-order valence-corrected chi connectivity index (χ1v) is 15.5. The lowest BCUT2D eigenvalue weighted by Gasteiger charge is -2.29. The number of nitrogens with one attached hydrogen (secondary N) is 1. The minimum Gasteiger partial charge on any atom is -0.383 e. The maximum Gasteiger partial charge on any atom is 0.290 e. The molecule has 4 aromatic rings. The molecule has 0 saturated carbocycles. The number of ether oxygens (including phenoxy) is 1. The van der Waals surface area contributed by atoms with E-state index in [1.54, 1.807) is 0 Å². The van der Waals surface area contributed by atoms with Gasteiger partial charge in [0.25, 0.3) is 18.3 Å². The molecule has 0 saturated heterocycles. The molecule has 1 aliphatic carbocycles. The third-order valence-corrected chi connectivity index (χ3v) is 8.31. The number of hydrogen-bond acceptors (Lipinski definition) is 7. The number of anilines is 1. The van der Waals surface area contributed by atoms with Crippen LogP contribution in [0.25, 0.3) is 11.1 Å². The highest BCUT2D eigenvalue weighted by molar-refractivity contribution is 5.95. The van der Waals surface area contributed by atoms with Crippen molar-refractivity contribution in [2.45, 2.75) is 63.3 Å². The van der Waals surface area contributed by atoms with Gasteiger partial charge in [-0.15, -0.1) is 0 Å². The third kappa shape index (κ3) is 8.24. The molecule has 1 atom stereocenters. The molecule has 1 N–H and O–H groups in total. The number of benzene rings is 2. The van der Waals surface area contributed by atoms with E-state index in [0.717, 1.165) is 25.1 Å². The van der Waals surface area contributed by atoms with Crippen molar-refractivity contribution in [3.63, 3.8) is 0 Å². The number of aromatic nitrogens is 4. The Morgan fingerprint density at radius 1 is 0.980 bits per heavy atom. The van der Waals surface area contributed by atoms with Gasteiger partial charge < -0.3 is 10.1 Å². The molecule has 1 aliphatic rings. The smallest absolute Gasteiger partial charge is 0.290 e. The minimum absolute atomic E-state index is 0.00725. The molecule has 8 nitrogen and oxygen atoms in total. The van der Waals surface area contributed by atoms with Gasteiger partial charge in [0.1, 0.15) is 35.4 Å². The fourth-order valence-corrected chi connectivity index (χ4v) is 6.06. The average molecular weight is 728 g/mol. The summed E-state index contributed by atoms with van der Waals surface area (Å²) in [5, 5.41) is 6.23. The molecule has 0 fully saturated rings. The highest BCUT2D eigenvalue weighted by atomic mass is 19.3. The molecular formula is C34H30F9N5O3. The van der Waals surface area contributed by atoms with Crippen LogP contribution < -0.4 is 5.32 Å². The van der Waals surface area contributed by atoms with Crippen molar-refractivity contribution in [3.05, 3.63) is 93.8 Å². The number of methoxy groups -OCH3 is 1. The number of ketones is 2. The monoisotopic (exact) mass is 727 g/mol. The molecule has 0 spiro atoms. The molecule has 2 heterocycles. The van der Waals surface area contributed by atoms with Crippen LogP contribution in [0.2, 0.25) is 0 Å². The quantitative estimate of drug-likeness (QED) is 0.0801. The molecule has 2 aromatic carbocycles. The van der Waals surface area contributed by atoms with E-state index in [4.69, 9.17) is 4.74 Å². The summed E-state index contributed by atoms with van der Waals surface area (Å²) in [4.78, 5) is 34.6. The molecule has 0 amide bonds. The first-order valence-electron chi connectivity index (χ1n) is 15.5. The summed E-state index contributed by atoms with van der Waals surface area (Å²) in [6.07, 6.45) is -6.15. The van der Waals surface area contributed by atoms with Gasteiger partial charge in [-0.3, -0.25) is 14.3 Å². The van der Waals surface area contributed by atoms with Crippen molar-refractivity contribution < 1.29 is 53.8 Å². The molecule has 17 heteroatoms. The van der Waals surface area contributed by atoms with Crippen LogP contribution in [0.3, 0.4) is 0 Å². The normalized spacial score (nSPS) is 15.5. The molecule has 0 radical (unpaired) electrons. The topological polar surface area (TPSA) is 99.0 Å². The van der Waals surface area contributed by atoms with Crippen molar-refractivity contribution in [1.82, 2.24) is 19.7 Å². The summed E-state index contributed by atoms with van der Waals surface area (Å²) in [7, 11) is 1.44. The molecule has 0 bridgehead atoms. The number of alkyl halides is 6. The maximum absolute atomic E-state index is 15.0. The Bertz CT molecular complexity index is 1930. The molecule has 272 valence electrons. The lowest BCUT2D eigenvalue weighted by atomic mass is 9.86. The summed E-state index contributed by atoms with van der Waals surface area (Å²) >= 11 is 0. The van der Waals surface area contributed by atoms with Gasteiger partial charge in [0, 0.05) is 56.7 Å². The van der Waals surface area contributed by atoms with Gasteiger partial charge in [-0.2, -0.15) is 13.9 Å². The zero-order valence-electron chi connectivity index (χ0n) is 27.1. The van der Waals surface area contributed by atoms with Gasteiger partial charge in [0.2, 0.25) is 5.95 Å². The zero-order chi connectivity index (χ0) is 37.2. The van der Waals surface area contributed by atoms with E-state index in [1.165, 1.54) is 25.4 Å². The number of Topliss-reactive ketones (excluding diaryl/α,β-unsaturated/α-hetero) is 2. The van der Waals surface area contributed by atoms with Gasteiger partial charge >= 0.3 is 0 Å². The fraction of sp³-hybridized carbons (Fsp3) is 0.382. The summed E-state index contributed by atoms with van der Waals surface area (Å²) in [5.41, 5.74) is -4.60. The number of fused-ring (bicyclic) bond motifs is 1. The van der Waals surface area contributed by atoms with Crippen LogP contribution in [-0.2, 0) is 34.3 Å². The van der Waals surface area contributed by atoms with E-state index >= 15 is 8.78 Å². The van der Waals surface area contributed by atoms with Crippen LogP contribution >= 0.6 is 0 Å². The largest absolute Gasteiger partial charge is 0.383 e. The second-order valence-electron chi connectivity index (χ2n) is 12.1. The summed E-state index contributed by atoms with van der Waals surface area (Å²) < 4.78 is 136. The lowest BCUT2D eigenvalue weighted by Crippen LogP contribution is -2.33. The van der Waals surface area contributed by atoms with Crippen LogP contribution in [0.15, 0.2) is 42.6 Å². The van der Waals surface area contributed by atoms with Gasteiger partial charge in [-0.1, -0.05) is 6.07 Å². The standard InChI is InChI=1S/C34H30F9N5O3/c1-17(49)24-13-19(3-4-26(24)37)25-15-45-32(44-7-8-51-2)46-28(25)20(9-18-10-21(35)14-22(36)11-18)12-23(50)16-48-30-27(29(47-48)31(38)39)33(40,41)5-6-34(30,42)43/h3-4,10-11,13-15,20,31H,5-9,12,16H2,1-2H3,(H,44,45,46)/t20-/m1/s1. The van der Waals surface area contributed by atoms with Crippen LogP contribution in [0.1, 0.15) is 77.1 Å². The molecule has 2 aromatic heterocycles. The van der Waals surface area contributed by atoms with Crippen molar-refractivity contribution in [2.24, 2.45) is 0 Å². The molecular weight excluding hydrogens is 697 g/mol. The highest BCUT2D eigenvalue weighted by Gasteiger charge is 2.55. The van der Waals surface area contributed by atoms with E-state index in [1.807, 2.05) is 0 Å². The predicted molar refractivity (Wildman–Crippen MR) is 164 cm³/mol. The Labute approximate surface area is 285 Å². The highest BCUT2D eigenvalue weighted by Crippen LogP contribution is 2.52.